The molecule has 1 N–H and O–H groups in total. The summed E-state index contributed by atoms with van der Waals surface area (Å²) in [5.41, 5.74) is 2.54. The Morgan fingerprint density at radius 3 is 2.45 bits per heavy atom. The van der Waals surface area contributed by atoms with Crippen molar-refractivity contribution in [2.45, 2.75) is 0 Å². The monoisotopic (exact) mass is 544 g/mol. The van der Waals surface area contributed by atoms with Crippen molar-refractivity contribution in [1.82, 2.24) is 4.57 Å². The highest BCUT2D eigenvalue weighted by atomic mass is 32.2. The van der Waals surface area contributed by atoms with Crippen molar-refractivity contribution in [3.63, 3.8) is 0 Å². The van der Waals surface area contributed by atoms with E-state index in [2.05, 4.69) is 5.32 Å². The molecule has 1 fully saturated rings. The van der Waals surface area contributed by atoms with Crippen molar-refractivity contribution in [2.24, 2.45) is 0 Å². The van der Waals surface area contributed by atoms with E-state index in [-0.39, 0.29) is 11.6 Å². The lowest BCUT2D eigenvalue weighted by molar-refractivity contribution is -0.384. The summed E-state index contributed by atoms with van der Waals surface area (Å²) in [5, 5.41) is 13.7. The zero-order valence-corrected chi connectivity index (χ0v) is 21.0. The second kappa shape index (κ2) is 10.4. The molecule has 0 spiro atoms. The predicted molar refractivity (Wildman–Crippen MR) is 149 cm³/mol. The van der Waals surface area contributed by atoms with E-state index >= 15 is 0 Å². The predicted octanol–water partition coefficient (Wildman–Crippen LogP) is 6.18. The summed E-state index contributed by atoms with van der Waals surface area (Å²) in [6, 6.07) is 21.6. The van der Waals surface area contributed by atoms with Gasteiger partial charge in [-0.3, -0.25) is 24.6 Å². The first-order chi connectivity index (χ1) is 18.3. The lowest BCUT2D eigenvalue weighted by atomic mass is 10.1. The molecule has 0 atom stereocenters. The van der Waals surface area contributed by atoms with E-state index in [4.69, 9.17) is 12.2 Å². The molecule has 0 bridgehead atoms. The Morgan fingerprint density at radius 2 is 1.74 bits per heavy atom. The number of thioether (sulfide) groups is 1. The number of hydrogen-bond donors (Lipinski definition) is 1. The molecular formula is C27H17FN4O4S2. The second-order valence-electron chi connectivity index (χ2n) is 8.11. The van der Waals surface area contributed by atoms with Gasteiger partial charge < -0.3 is 9.88 Å². The third-order valence-corrected chi connectivity index (χ3v) is 6.96. The quantitative estimate of drug-likeness (QED) is 0.135. The Hall–Kier alpha value is -4.61. The zero-order valence-electron chi connectivity index (χ0n) is 19.4. The van der Waals surface area contributed by atoms with Gasteiger partial charge in [0.05, 0.1) is 15.5 Å². The van der Waals surface area contributed by atoms with Crippen LogP contribution in [-0.4, -0.2) is 25.6 Å². The summed E-state index contributed by atoms with van der Waals surface area (Å²) in [4.78, 5) is 38.3. The molecule has 8 nitrogen and oxygen atoms in total. The van der Waals surface area contributed by atoms with Crippen molar-refractivity contribution >= 4 is 63.3 Å². The fourth-order valence-electron chi connectivity index (χ4n) is 3.83. The Balaban J connectivity index is 1.38. The summed E-state index contributed by atoms with van der Waals surface area (Å²) < 4.78 is 15.3. The maximum absolute atomic E-state index is 13.3. The minimum atomic E-state index is -0.465. The van der Waals surface area contributed by atoms with E-state index < -0.39 is 16.6 Å². The van der Waals surface area contributed by atoms with E-state index in [0.717, 1.165) is 11.8 Å². The van der Waals surface area contributed by atoms with E-state index in [1.54, 1.807) is 59.3 Å². The summed E-state index contributed by atoms with van der Waals surface area (Å²) in [6.45, 7) is 0. The summed E-state index contributed by atoms with van der Waals surface area (Å²) in [5.74, 6) is -1.17. The Kier molecular flexibility index (Phi) is 6.86. The number of carbonyl (C=O) groups is 2. The van der Waals surface area contributed by atoms with Crippen LogP contribution in [0.5, 0.6) is 0 Å². The van der Waals surface area contributed by atoms with Crippen LogP contribution in [0, 0.1) is 15.9 Å². The third-order valence-electron chi connectivity index (χ3n) is 5.66. The molecule has 0 aliphatic carbocycles. The maximum Gasteiger partial charge on any atom is 0.270 e. The van der Waals surface area contributed by atoms with E-state index in [1.807, 2.05) is 6.07 Å². The van der Waals surface area contributed by atoms with Gasteiger partial charge in [-0.25, -0.2) is 4.39 Å². The molecule has 2 heterocycles. The number of carbonyl (C=O) groups excluding carboxylic acids is 2. The highest BCUT2D eigenvalue weighted by molar-refractivity contribution is 8.27. The molecule has 1 saturated heterocycles. The van der Waals surface area contributed by atoms with Crippen LogP contribution in [-0.2, 0) is 4.79 Å². The standard InChI is InChI=1S/C27H17FN4O4S2/c28-18-6-8-19(9-7-18)29-25(33)17-3-1-4-23(15-17)31-26(34)24(38-27(31)37)16-22-5-2-14-30(22)20-10-12-21(13-11-20)32(35)36/h1-16H,(H,29,33)/b24-16+. The number of rotatable bonds is 6. The number of nitrogens with one attached hydrogen (secondary N) is 1. The van der Waals surface area contributed by atoms with Gasteiger partial charge in [-0.2, -0.15) is 0 Å². The molecular weight excluding hydrogens is 527 g/mol. The van der Waals surface area contributed by atoms with Crippen molar-refractivity contribution in [3.05, 3.63) is 123 Å². The number of nitro groups is 1. The van der Waals surface area contributed by atoms with Gasteiger partial charge in [0.1, 0.15) is 5.82 Å². The summed E-state index contributed by atoms with van der Waals surface area (Å²) >= 11 is 6.62. The molecule has 2 amide bonds. The summed E-state index contributed by atoms with van der Waals surface area (Å²) in [6.07, 6.45) is 3.49. The molecule has 0 saturated carbocycles. The van der Waals surface area contributed by atoms with Crippen LogP contribution in [0.15, 0.2) is 96.0 Å². The Labute approximate surface area is 225 Å². The third kappa shape index (κ3) is 5.10. The molecule has 0 radical (unpaired) electrons. The van der Waals surface area contributed by atoms with Gasteiger partial charge in [-0.1, -0.05) is 30.0 Å². The fraction of sp³-hybridized carbons (Fsp3) is 0. The van der Waals surface area contributed by atoms with Gasteiger partial charge >= 0.3 is 0 Å². The van der Waals surface area contributed by atoms with Crippen molar-refractivity contribution in [3.8, 4) is 5.69 Å². The number of thiocarbonyl (C=S) groups is 1. The second-order valence-corrected chi connectivity index (χ2v) is 9.78. The van der Waals surface area contributed by atoms with Crippen LogP contribution in [0.25, 0.3) is 11.8 Å². The molecule has 188 valence electrons. The lowest BCUT2D eigenvalue weighted by Crippen LogP contribution is -2.27. The van der Waals surface area contributed by atoms with Crippen LogP contribution in [0.1, 0.15) is 16.1 Å². The van der Waals surface area contributed by atoms with Crippen molar-refractivity contribution in [1.29, 1.82) is 0 Å². The van der Waals surface area contributed by atoms with Crippen LogP contribution in [0.3, 0.4) is 0 Å². The molecule has 0 unspecified atom stereocenters. The van der Waals surface area contributed by atoms with Gasteiger partial charge in [0.15, 0.2) is 4.32 Å². The maximum atomic E-state index is 13.3. The van der Waals surface area contributed by atoms with Gasteiger partial charge in [-0.05, 0) is 72.8 Å². The SMILES string of the molecule is O=C(Nc1ccc(F)cc1)c1cccc(N2C(=O)/C(=C\c3cccn3-c3ccc([N+](=O)[O-])cc3)SC2=S)c1. The minimum Gasteiger partial charge on any atom is -0.322 e. The number of halogens is 1. The fourth-order valence-corrected chi connectivity index (χ4v) is 5.11. The van der Waals surface area contributed by atoms with E-state index in [0.29, 0.717) is 37.5 Å². The first-order valence-corrected chi connectivity index (χ1v) is 12.4. The smallest absolute Gasteiger partial charge is 0.270 e. The molecule has 1 aliphatic heterocycles. The number of anilines is 2. The highest BCUT2D eigenvalue weighted by Gasteiger charge is 2.34. The molecule has 3 aromatic carbocycles. The molecule has 1 aliphatic rings. The van der Waals surface area contributed by atoms with Crippen LogP contribution in [0.4, 0.5) is 21.5 Å². The minimum absolute atomic E-state index is 0.0168. The van der Waals surface area contributed by atoms with Crippen molar-refractivity contribution in [2.75, 3.05) is 10.2 Å². The van der Waals surface area contributed by atoms with Gasteiger partial charge in [-0.15, -0.1) is 0 Å². The van der Waals surface area contributed by atoms with Gasteiger partial charge in [0, 0.05) is 41.0 Å². The van der Waals surface area contributed by atoms with E-state index in [1.165, 1.54) is 41.3 Å². The number of amides is 2. The average Bonchev–Trinajstić information content (AvgIpc) is 3.49. The lowest BCUT2D eigenvalue weighted by Gasteiger charge is -2.15. The number of hydrogen-bond acceptors (Lipinski definition) is 6. The van der Waals surface area contributed by atoms with E-state index in [9.17, 15) is 24.1 Å². The van der Waals surface area contributed by atoms with Gasteiger partial charge in [0.25, 0.3) is 17.5 Å². The molecule has 5 rings (SSSR count). The number of nitrogens with zero attached hydrogens (tertiary/aromatic N) is 3. The number of nitro benzene ring substituents is 1. The van der Waals surface area contributed by atoms with Crippen LogP contribution < -0.4 is 10.2 Å². The van der Waals surface area contributed by atoms with Gasteiger partial charge in [0.2, 0.25) is 0 Å². The Bertz CT molecular complexity index is 1610. The molecule has 1 aromatic heterocycles. The van der Waals surface area contributed by atoms with Crippen LogP contribution >= 0.6 is 24.0 Å². The molecule has 4 aromatic rings. The molecule has 38 heavy (non-hydrogen) atoms. The average molecular weight is 545 g/mol. The zero-order chi connectivity index (χ0) is 26.8. The molecule has 11 heteroatoms. The summed E-state index contributed by atoms with van der Waals surface area (Å²) in [7, 11) is 0. The number of benzene rings is 3. The highest BCUT2D eigenvalue weighted by Crippen LogP contribution is 2.36. The Morgan fingerprint density at radius 1 is 1.00 bits per heavy atom. The van der Waals surface area contributed by atoms with Crippen molar-refractivity contribution < 1.29 is 18.9 Å². The van der Waals surface area contributed by atoms with Crippen LogP contribution in [0.2, 0.25) is 0 Å². The normalized spacial score (nSPS) is 14.2. The number of non-ortho nitro benzene ring substituents is 1. The topological polar surface area (TPSA) is 97.5 Å². The first kappa shape index (κ1) is 25.1. The largest absolute Gasteiger partial charge is 0.322 e. The first-order valence-electron chi connectivity index (χ1n) is 11.2. The number of aromatic nitrogens is 1.